The summed E-state index contributed by atoms with van der Waals surface area (Å²) >= 11 is 0. The number of hydrogen-bond donors (Lipinski definition) is 2. The van der Waals surface area contributed by atoms with Gasteiger partial charge in [-0.3, -0.25) is 0 Å². The van der Waals surface area contributed by atoms with E-state index in [4.69, 9.17) is 9.84 Å². The Hall–Kier alpha value is -1.06. The van der Waals surface area contributed by atoms with Crippen LogP contribution >= 0.6 is 0 Å². The van der Waals surface area contributed by atoms with E-state index in [1.165, 1.54) is 0 Å². The number of benzene rings is 1. The van der Waals surface area contributed by atoms with Crippen molar-refractivity contribution < 1.29 is 9.84 Å². The highest BCUT2D eigenvalue weighted by atomic mass is 16.5. The Morgan fingerprint density at radius 2 is 2.07 bits per heavy atom. The normalized spacial score (nSPS) is 12.4. The monoisotopic (exact) mass is 209 g/mol. The number of aliphatic hydroxyl groups excluding tert-OH is 1. The smallest absolute Gasteiger partial charge is 0.119 e. The summed E-state index contributed by atoms with van der Waals surface area (Å²) in [4.78, 5) is 0. The second-order valence-electron chi connectivity index (χ2n) is 3.57. The van der Waals surface area contributed by atoms with Crippen LogP contribution in [0.15, 0.2) is 30.3 Å². The van der Waals surface area contributed by atoms with Crippen LogP contribution < -0.4 is 10.1 Å². The minimum Gasteiger partial charge on any atom is -0.494 e. The summed E-state index contributed by atoms with van der Waals surface area (Å²) in [6, 6.07) is 9.78. The van der Waals surface area contributed by atoms with Crippen LogP contribution in [0.5, 0.6) is 5.75 Å². The molecule has 0 spiro atoms. The van der Waals surface area contributed by atoms with Crippen LogP contribution in [0.2, 0.25) is 0 Å². The summed E-state index contributed by atoms with van der Waals surface area (Å²) in [5.41, 5.74) is 0. The molecule has 0 aliphatic rings. The van der Waals surface area contributed by atoms with Gasteiger partial charge in [-0.1, -0.05) is 18.2 Å². The molecule has 0 aliphatic carbocycles. The zero-order chi connectivity index (χ0) is 10.9. The summed E-state index contributed by atoms with van der Waals surface area (Å²) in [5, 5.41) is 12.1. The molecule has 0 saturated heterocycles. The molecule has 0 heterocycles. The molecule has 0 aliphatic heterocycles. The molecular weight excluding hydrogens is 190 g/mol. The van der Waals surface area contributed by atoms with Gasteiger partial charge < -0.3 is 15.2 Å². The summed E-state index contributed by atoms with van der Waals surface area (Å²) in [6.07, 6.45) is 0.668. The fraction of sp³-hybridized carbons (Fsp3) is 0.500. The second-order valence-corrected chi connectivity index (χ2v) is 3.57. The first-order valence-electron chi connectivity index (χ1n) is 5.35. The van der Waals surface area contributed by atoms with Gasteiger partial charge in [0.05, 0.1) is 12.7 Å². The Morgan fingerprint density at radius 1 is 1.33 bits per heavy atom. The Bertz CT molecular complexity index is 249. The van der Waals surface area contributed by atoms with Crippen molar-refractivity contribution in [2.75, 3.05) is 19.7 Å². The van der Waals surface area contributed by atoms with E-state index in [0.717, 1.165) is 18.7 Å². The molecular formula is C12H19NO2. The number of para-hydroxylation sites is 1. The Morgan fingerprint density at radius 3 is 2.73 bits per heavy atom. The number of nitrogens with one attached hydrogen (secondary N) is 1. The SMILES string of the molecule is C[C@@H](O)CNCCCOc1ccccc1. The Kier molecular flexibility index (Phi) is 5.81. The minimum atomic E-state index is -0.278. The predicted octanol–water partition coefficient (Wildman–Crippen LogP) is 1.43. The lowest BCUT2D eigenvalue weighted by molar-refractivity contribution is 0.190. The van der Waals surface area contributed by atoms with Crippen LogP contribution in [0, 0.1) is 0 Å². The van der Waals surface area contributed by atoms with Gasteiger partial charge >= 0.3 is 0 Å². The maximum Gasteiger partial charge on any atom is 0.119 e. The lowest BCUT2D eigenvalue weighted by Crippen LogP contribution is -2.26. The van der Waals surface area contributed by atoms with Gasteiger partial charge in [-0.05, 0) is 32.0 Å². The summed E-state index contributed by atoms with van der Waals surface area (Å²) < 4.78 is 5.51. The Labute approximate surface area is 91.1 Å². The fourth-order valence-corrected chi connectivity index (χ4v) is 1.21. The average molecular weight is 209 g/mol. The van der Waals surface area contributed by atoms with Crippen LogP contribution in [0.25, 0.3) is 0 Å². The number of aliphatic hydroxyl groups is 1. The first-order valence-corrected chi connectivity index (χ1v) is 5.35. The molecule has 15 heavy (non-hydrogen) atoms. The van der Waals surface area contributed by atoms with E-state index < -0.39 is 0 Å². The van der Waals surface area contributed by atoms with Gasteiger partial charge in [0.2, 0.25) is 0 Å². The predicted molar refractivity (Wildman–Crippen MR) is 61.1 cm³/mol. The third-order valence-electron chi connectivity index (χ3n) is 1.95. The number of rotatable bonds is 7. The topological polar surface area (TPSA) is 41.5 Å². The minimum absolute atomic E-state index is 0.278. The van der Waals surface area contributed by atoms with E-state index in [1.54, 1.807) is 6.92 Å². The van der Waals surface area contributed by atoms with Crippen LogP contribution in [-0.4, -0.2) is 30.9 Å². The quantitative estimate of drug-likeness (QED) is 0.667. The van der Waals surface area contributed by atoms with Gasteiger partial charge in [0.15, 0.2) is 0 Å². The molecule has 0 saturated carbocycles. The van der Waals surface area contributed by atoms with E-state index in [1.807, 2.05) is 30.3 Å². The molecule has 1 rings (SSSR count). The highest BCUT2D eigenvalue weighted by Crippen LogP contribution is 2.07. The number of hydrogen-bond acceptors (Lipinski definition) is 3. The first-order chi connectivity index (χ1) is 7.29. The Balaban J connectivity index is 1.98. The molecule has 0 fully saturated rings. The van der Waals surface area contributed by atoms with E-state index in [2.05, 4.69) is 5.32 Å². The van der Waals surface area contributed by atoms with E-state index >= 15 is 0 Å². The van der Waals surface area contributed by atoms with Crippen LogP contribution in [-0.2, 0) is 0 Å². The van der Waals surface area contributed by atoms with Gasteiger partial charge in [0.1, 0.15) is 5.75 Å². The highest BCUT2D eigenvalue weighted by molar-refractivity contribution is 5.20. The third-order valence-corrected chi connectivity index (χ3v) is 1.95. The van der Waals surface area contributed by atoms with Crippen LogP contribution in [0.1, 0.15) is 13.3 Å². The third kappa shape index (κ3) is 6.10. The van der Waals surface area contributed by atoms with Gasteiger partial charge in [-0.2, -0.15) is 0 Å². The van der Waals surface area contributed by atoms with Crippen molar-refractivity contribution in [2.24, 2.45) is 0 Å². The van der Waals surface area contributed by atoms with Gasteiger partial charge in [0.25, 0.3) is 0 Å². The lowest BCUT2D eigenvalue weighted by Gasteiger charge is -2.08. The lowest BCUT2D eigenvalue weighted by atomic mass is 10.3. The summed E-state index contributed by atoms with van der Waals surface area (Å²) in [5.74, 6) is 0.910. The van der Waals surface area contributed by atoms with Crippen molar-refractivity contribution in [3.63, 3.8) is 0 Å². The van der Waals surface area contributed by atoms with Crippen molar-refractivity contribution >= 4 is 0 Å². The number of ether oxygens (including phenoxy) is 1. The van der Waals surface area contributed by atoms with Crippen LogP contribution in [0.3, 0.4) is 0 Å². The maximum absolute atomic E-state index is 8.99. The molecule has 2 N–H and O–H groups in total. The molecule has 0 bridgehead atoms. The molecule has 1 aromatic rings. The van der Waals surface area contributed by atoms with E-state index in [0.29, 0.717) is 13.2 Å². The molecule has 84 valence electrons. The molecule has 0 amide bonds. The van der Waals surface area contributed by atoms with Crippen LogP contribution in [0.4, 0.5) is 0 Å². The van der Waals surface area contributed by atoms with Crippen molar-refractivity contribution in [1.29, 1.82) is 0 Å². The highest BCUT2D eigenvalue weighted by Gasteiger charge is 1.94. The average Bonchev–Trinajstić information content (AvgIpc) is 2.24. The molecule has 3 nitrogen and oxygen atoms in total. The molecule has 0 aromatic heterocycles. The molecule has 1 atom stereocenters. The van der Waals surface area contributed by atoms with Crippen molar-refractivity contribution in [3.05, 3.63) is 30.3 Å². The van der Waals surface area contributed by atoms with E-state index in [-0.39, 0.29) is 6.10 Å². The fourth-order valence-electron chi connectivity index (χ4n) is 1.21. The molecule has 3 heteroatoms. The van der Waals surface area contributed by atoms with Gasteiger partial charge in [0, 0.05) is 6.54 Å². The summed E-state index contributed by atoms with van der Waals surface area (Å²) in [6.45, 7) is 3.99. The molecule has 0 unspecified atom stereocenters. The molecule has 0 radical (unpaired) electrons. The van der Waals surface area contributed by atoms with E-state index in [9.17, 15) is 0 Å². The standard InChI is InChI=1S/C12H19NO2/c1-11(14)10-13-8-5-9-15-12-6-3-2-4-7-12/h2-4,6-7,11,13-14H,5,8-10H2,1H3/t11-/m1/s1. The zero-order valence-corrected chi connectivity index (χ0v) is 9.15. The van der Waals surface area contributed by atoms with Crippen molar-refractivity contribution in [3.8, 4) is 5.75 Å². The maximum atomic E-state index is 8.99. The summed E-state index contributed by atoms with van der Waals surface area (Å²) in [7, 11) is 0. The first kappa shape index (κ1) is 12.0. The molecule has 1 aromatic carbocycles. The largest absolute Gasteiger partial charge is 0.494 e. The van der Waals surface area contributed by atoms with Crippen molar-refractivity contribution in [2.45, 2.75) is 19.4 Å². The second kappa shape index (κ2) is 7.26. The zero-order valence-electron chi connectivity index (χ0n) is 9.15. The van der Waals surface area contributed by atoms with Gasteiger partial charge in [-0.25, -0.2) is 0 Å². The van der Waals surface area contributed by atoms with Crippen molar-refractivity contribution in [1.82, 2.24) is 5.32 Å². The van der Waals surface area contributed by atoms with Gasteiger partial charge in [-0.15, -0.1) is 0 Å².